The summed E-state index contributed by atoms with van der Waals surface area (Å²) in [5, 5.41) is 6.31. The lowest BCUT2D eigenvalue weighted by molar-refractivity contribution is 0.221. The number of hydrogen-bond acceptors (Lipinski definition) is 5. The summed E-state index contributed by atoms with van der Waals surface area (Å²) >= 11 is 0. The van der Waals surface area contributed by atoms with Gasteiger partial charge in [0.05, 0.1) is 23.3 Å². The smallest absolute Gasteiger partial charge is 0.327 e. The highest BCUT2D eigenvalue weighted by molar-refractivity contribution is 6.03. The molecule has 166 valence electrons. The van der Waals surface area contributed by atoms with Crippen LogP contribution in [0.3, 0.4) is 0 Å². The molecule has 0 saturated heterocycles. The summed E-state index contributed by atoms with van der Waals surface area (Å²) in [6.07, 6.45) is 6.43. The zero-order valence-corrected chi connectivity index (χ0v) is 18.6. The third-order valence-corrected chi connectivity index (χ3v) is 5.80. The van der Waals surface area contributed by atoms with E-state index in [9.17, 15) is 9.18 Å². The Labute approximate surface area is 187 Å². The Morgan fingerprint density at radius 1 is 1.19 bits per heavy atom. The van der Waals surface area contributed by atoms with Crippen LogP contribution >= 0.6 is 0 Å². The number of fused-ring (bicyclic) bond motifs is 1. The van der Waals surface area contributed by atoms with Gasteiger partial charge in [-0.3, -0.25) is 14.9 Å². The lowest BCUT2D eigenvalue weighted by Crippen LogP contribution is -2.45. The van der Waals surface area contributed by atoms with Gasteiger partial charge < -0.3 is 10.6 Å². The Hall–Kier alpha value is -3.55. The largest absolute Gasteiger partial charge is 0.382 e. The molecule has 2 amide bonds. The Morgan fingerprint density at radius 2 is 2.00 bits per heavy atom. The summed E-state index contributed by atoms with van der Waals surface area (Å²) in [5.41, 5.74) is 1.63. The van der Waals surface area contributed by atoms with Gasteiger partial charge in [0.1, 0.15) is 5.67 Å². The first-order valence-corrected chi connectivity index (χ1v) is 10.6. The summed E-state index contributed by atoms with van der Waals surface area (Å²) < 4.78 is 14.5. The summed E-state index contributed by atoms with van der Waals surface area (Å²) in [4.78, 5) is 28.1. The number of carbonyl (C=O) groups is 1. The van der Waals surface area contributed by atoms with E-state index < -0.39 is 5.67 Å². The van der Waals surface area contributed by atoms with Crippen molar-refractivity contribution in [2.75, 3.05) is 22.1 Å². The van der Waals surface area contributed by atoms with Crippen LogP contribution < -0.4 is 15.5 Å². The molecule has 0 spiro atoms. The number of pyridine rings is 3. The number of alkyl halides is 1. The lowest BCUT2D eigenvalue weighted by atomic mass is 10.00. The first kappa shape index (κ1) is 21.7. The number of nitrogens with one attached hydrogen (secondary N) is 2. The summed E-state index contributed by atoms with van der Waals surface area (Å²) in [7, 11) is 0. The van der Waals surface area contributed by atoms with Crippen molar-refractivity contribution < 1.29 is 9.18 Å². The van der Waals surface area contributed by atoms with Crippen molar-refractivity contribution in [1.82, 2.24) is 15.0 Å². The van der Waals surface area contributed by atoms with Gasteiger partial charge in [0, 0.05) is 42.3 Å². The second-order valence-corrected chi connectivity index (χ2v) is 8.64. The Bertz CT molecular complexity index is 1110. The maximum absolute atomic E-state index is 14.5. The summed E-state index contributed by atoms with van der Waals surface area (Å²) in [6, 6.07) is 8.66. The maximum atomic E-state index is 14.5. The Morgan fingerprint density at radius 3 is 2.72 bits per heavy atom. The molecule has 8 heteroatoms. The highest BCUT2D eigenvalue weighted by atomic mass is 19.1. The van der Waals surface area contributed by atoms with Crippen molar-refractivity contribution in [2.24, 2.45) is 5.92 Å². The van der Waals surface area contributed by atoms with Gasteiger partial charge in [-0.15, -0.1) is 0 Å². The standard InChI is InChI=1S/C24H27FN6O/c1-15-11-28-21-8-7-20(17-10-18(13-27-12-17)24(3,4)25)30-22(21)31(16(15)2)23(32)29-19-6-5-9-26-14-19/h5-10,12-16,28H,11H2,1-4H3,(H,29,32)/t15-,16-/m1/s1. The normalized spacial score (nSPS) is 18.3. The monoisotopic (exact) mass is 434 g/mol. The second-order valence-electron chi connectivity index (χ2n) is 8.64. The van der Waals surface area contributed by atoms with E-state index in [1.807, 2.05) is 19.1 Å². The van der Waals surface area contributed by atoms with Crippen LogP contribution in [0.1, 0.15) is 33.3 Å². The van der Waals surface area contributed by atoms with Gasteiger partial charge in [0.25, 0.3) is 0 Å². The average Bonchev–Trinajstić information content (AvgIpc) is 2.90. The molecule has 0 fully saturated rings. The topological polar surface area (TPSA) is 83.0 Å². The molecular weight excluding hydrogens is 407 g/mol. The molecule has 3 aromatic rings. The average molecular weight is 435 g/mol. The molecular formula is C24H27FN6O. The molecule has 2 N–H and O–H groups in total. The fourth-order valence-electron chi connectivity index (χ4n) is 3.63. The molecule has 1 aliphatic rings. The molecule has 2 atom stereocenters. The van der Waals surface area contributed by atoms with Gasteiger partial charge in [-0.2, -0.15) is 0 Å². The number of anilines is 3. The van der Waals surface area contributed by atoms with E-state index in [1.165, 1.54) is 20.0 Å². The van der Waals surface area contributed by atoms with Crippen LogP contribution in [0, 0.1) is 5.92 Å². The van der Waals surface area contributed by atoms with Gasteiger partial charge >= 0.3 is 6.03 Å². The first-order chi connectivity index (χ1) is 15.2. The molecule has 32 heavy (non-hydrogen) atoms. The van der Waals surface area contributed by atoms with E-state index in [1.54, 1.807) is 41.7 Å². The van der Waals surface area contributed by atoms with Crippen molar-refractivity contribution in [1.29, 1.82) is 0 Å². The number of urea groups is 1. The quantitative estimate of drug-likeness (QED) is 0.590. The van der Waals surface area contributed by atoms with Crippen LogP contribution in [0.15, 0.2) is 55.1 Å². The summed E-state index contributed by atoms with van der Waals surface area (Å²) in [5.74, 6) is 0.704. The third-order valence-electron chi connectivity index (χ3n) is 5.80. The highest BCUT2D eigenvalue weighted by Crippen LogP contribution is 2.35. The highest BCUT2D eigenvalue weighted by Gasteiger charge is 2.32. The maximum Gasteiger partial charge on any atom is 0.327 e. The summed E-state index contributed by atoms with van der Waals surface area (Å²) in [6.45, 7) is 7.79. The fraction of sp³-hybridized carbons (Fsp3) is 0.333. The van der Waals surface area contributed by atoms with Crippen molar-refractivity contribution in [3.8, 4) is 11.3 Å². The SMILES string of the molecule is C[C@@H]1CNc2ccc(-c3cncc(C(C)(C)F)c3)nc2N(C(=O)Nc2cccnc2)[C@@H]1C. The van der Waals surface area contributed by atoms with Gasteiger partial charge in [0.2, 0.25) is 0 Å². The Kier molecular flexibility index (Phi) is 5.78. The lowest BCUT2D eigenvalue weighted by Gasteiger charge is -2.30. The number of halogens is 1. The number of amides is 2. The Balaban J connectivity index is 1.76. The third kappa shape index (κ3) is 4.39. The zero-order chi connectivity index (χ0) is 22.9. The number of rotatable bonds is 3. The minimum absolute atomic E-state index is 0.114. The first-order valence-electron chi connectivity index (χ1n) is 10.6. The van der Waals surface area contributed by atoms with Crippen molar-refractivity contribution in [2.45, 2.75) is 39.4 Å². The van der Waals surface area contributed by atoms with E-state index in [0.29, 0.717) is 34.9 Å². The molecule has 0 bridgehead atoms. The predicted molar refractivity (Wildman–Crippen MR) is 124 cm³/mol. The number of nitrogens with zero attached hydrogens (tertiary/aromatic N) is 4. The minimum atomic E-state index is -1.52. The van der Waals surface area contributed by atoms with Gasteiger partial charge in [-0.1, -0.05) is 6.92 Å². The molecule has 0 unspecified atom stereocenters. The van der Waals surface area contributed by atoms with E-state index in [4.69, 9.17) is 4.98 Å². The fourth-order valence-corrected chi connectivity index (χ4v) is 3.63. The number of hydrogen-bond donors (Lipinski definition) is 2. The van der Waals surface area contributed by atoms with Crippen molar-refractivity contribution in [3.05, 3.63) is 60.7 Å². The minimum Gasteiger partial charge on any atom is -0.382 e. The zero-order valence-electron chi connectivity index (χ0n) is 18.6. The van der Waals surface area contributed by atoms with Gasteiger partial charge in [-0.25, -0.2) is 14.2 Å². The molecule has 0 aromatic carbocycles. The van der Waals surface area contributed by atoms with Crippen LogP contribution in [-0.4, -0.2) is 33.6 Å². The van der Waals surface area contributed by atoms with Crippen molar-refractivity contribution >= 4 is 23.2 Å². The molecule has 4 heterocycles. The predicted octanol–water partition coefficient (Wildman–Crippen LogP) is 5.23. The van der Waals surface area contributed by atoms with E-state index in [0.717, 1.165) is 5.69 Å². The van der Waals surface area contributed by atoms with Gasteiger partial charge in [-0.05, 0) is 57.0 Å². The van der Waals surface area contributed by atoms with E-state index in [-0.39, 0.29) is 18.0 Å². The van der Waals surface area contributed by atoms with Crippen LogP contribution in [0.5, 0.6) is 0 Å². The molecule has 0 radical (unpaired) electrons. The number of aromatic nitrogens is 3. The molecule has 0 saturated carbocycles. The van der Waals surface area contributed by atoms with Gasteiger partial charge in [0.15, 0.2) is 5.82 Å². The van der Waals surface area contributed by atoms with Crippen LogP contribution in [0.2, 0.25) is 0 Å². The van der Waals surface area contributed by atoms with E-state index in [2.05, 4.69) is 27.5 Å². The molecule has 3 aromatic heterocycles. The number of carbonyl (C=O) groups excluding carboxylic acids is 1. The van der Waals surface area contributed by atoms with Crippen LogP contribution in [0.25, 0.3) is 11.3 Å². The molecule has 0 aliphatic carbocycles. The molecule has 1 aliphatic heterocycles. The van der Waals surface area contributed by atoms with Crippen LogP contribution in [0.4, 0.5) is 26.4 Å². The molecule has 4 rings (SSSR count). The van der Waals surface area contributed by atoms with Crippen molar-refractivity contribution in [3.63, 3.8) is 0 Å². The molecule has 7 nitrogen and oxygen atoms in total. The van der Waals surface area contributed by atoms with Crippen LogP contribution in [-0.2, 0) is 5.67 Å². The second kappa shape index (κ2) is 8.53. The van der Waals surface area contributed by atoms with E-state index >= 15 is 0 Å².